The van der Waals surface area contributed by atoms with E-state index in [0.29, 0.717) is 37.0 Å². The van der Waals surface area contributed by atoms with Gasteiger partial charge in [-0.15, -0.1) is 11.3 Å². The number of aryl methyl sites for hydroxylation is 1. The standard InChI is InChI=1S/C21H25N3O4S2/c1-4-24(5-2)30(26,27)17-10-8-16(9-11-17)14-22-20(25)13-18-15(3)28-21(23-18)19-7-6-12-29-19/h6-12H,4-5,13-14H2,1-3H3,(H,22,25). The van der Waals surface area contributed by atoms with Crippen LogP contribution in [0.5, 0.6) is 0 Å². The predicted octanol–water partition coefficient (Wildman–Crippen LogP) is 3.60. The van der Waals surface area contributed by atoms with Crippen LogP contribution in [0.1, 0.15) is 30.9 Å². The number of carbonyl (C=O) groups is 1. The molecule has 0 aliphatic carbocycles. The summed E-state index contributed by atoms with van der Waals surface area (Å²) in [7, 11) is -3.48. The minimum Gasteiger partial charge on any atom is -0.440 e. The topological polar surface area (TPSA) is 92.5 Å². The van der Waals surface area contributed by atoms with Crippen molar-refractivity contribution in [2.45, 2.75) is 38.6 Å². The number of nitrogens with zero attached hydrogens (tertiary/aromatic N) is 2. The van der Waals surface area contributed by atoms with Gasteiger partial charge in [0.05, 0.1) is 21.9 Å². The molecule has 0 aliphatic rings. The molecule has 7 nitrogen and oxygen atoms in total. The summed E-state index contributed by atoms with van der Waals surface area (Å²) in [5, 5.41) is 4.79. The van der Waals surface area contributed by atoms with Gasteiger partial charge in [-0.2, -0.15) is 4.31 Å². The van der Waals surface area contributed by atoms with Gasteiger partial charge in [-0.1, -0.05) is 32.0 Å². The highest BCUT2D eigenvalue weighted by Gasteiger charge is 2.21. The number of thiophene rings is 1. The molecule has 1 amide bonds. The maximum absolute atomic E-state index is 12.5. The molecule has 3 aromatic rings. The van der Waals surface area contributed by atoms with Gasteiger partial charge in [-0.25, -0.2) is 13.4 Å². The zero-order valence-electron chi connectivity index (χ0n) is 17.2. The highest BCUT2D eigenvalue weighted by atomic mass is 32.2. The van der Waals surface area contributed by atoms with Crippen molar-refractivity contribution >= 4 is 27.3 Å². The summed E-state index contributed by atoms with van der Waals surface area (Å²) in [5.41, 5.74) is 1.43. The molecule has 160 valence electrons. The third kappa shape index (κ3) is 4.97. The number of hydrogen-bond acceptors (Lipinski definition) is 6. The average molecular weight is 448 g/mol. The number of nitrogens with one attached hydrogen (secondary N) is 1. The van der Waals surface area contributed by atoms with Crippen LogP contribution < -0.4 is 5.32 Å². The normalized spacial score (nSPS) is 11.7. The van der Waals surface area contributed by atoms with Gasteiger partial charge in [0.15, 0.2) is 0 Å². The summed E-state index contributed by atoms with van der Waals surface area (Å²) in [6, 6.07) is 10.4. The molecule has 0 atom stereocenters. The highest BCUT2D eigenvalue weighted by Crippen LogP contribution is 2.26. The van der Waals surface area contributed by atoms with Crippen LogP contribution in [0.2, 0.25) is 0 Å². The number of aromatic nitrogens is 1. The number of carbonyl (C=O) groups excluding carboxylic acids is 1. The highest BCUT2D eigenvalue weighted by molar-refractivity contribution is 7.89. The van der Waals surface area contributed by atoms with Crippen LogP contribution in [0.3, 0.4) is 0 Å². The Balaban J connectivity index is 1.59. The van der Waals surface area contributed by atoms with E-state index in [9.17, 15) is 13.2 Å². The van der Waals surface area contributed by atoms with Gasteiger partial charge in [0.25, 0.3) is 0 Å². The lowest BCUT2D eigenvalue weighted by Crippen LogP contribution is -2.30. The summed E-state index contributed by atoms with van der Waals surface area (Å²) in [6.45, 7) is 6.56. The van der Waals surface area contributed by atoms with Crippen LogP contribution in [-0.2, 0) is 27.8 Å². The Bertz CT molecular complexity index is 1080. The van der Waals surface area contributed by atoms with Gasteiger partial charge in [0.1, 0.15) is 5.76 Å². The van der Waals surface area contributed by atoms with E-state index in [-0.39, 0.29) is 17.2 Å². The van der Waals surface area contributed by atoms with Gasteiger partial charge in [0.2, 0.25) is 21.8 Å². The molecule has 0 bridgehead atoms. The molecule has 0 aliphatic heterocycles. The molecule has 30 heavy (non-hydrogen) atoms. The molecule has 0 saturated carbocycles. The van der Waals surface area contributed by atoms with Crippen molar-refractivity contribution in [3.05, 3.63) is 58.8 Å². The molecular weight excluding hydrogens is 422 g/mol. The molecule has 0 saturated heterocycles. The minimum atomic E-state index is -3.48. The molecule has 2 aromatic heterocycles. The Hall–Kier alpha value is -2.49. The van der Waals surface area contributed by atoms with Crippen LogP contribution in [0.25, 0.3) is 10.8 Å². The molecule has 0 fully saturated rings. The van der Waals surface area contributed by atoms with E-state index in [0.717, 1.165) is 10.4 Å². The van der Waals surface area contributed by atoms with Gasteiger partial charge < -0.3 is 9.73 Å². The lowest BCUT2D eigenvalue weighted by molar-refractivity contribution is -0.120. The second kappa shape index (κ2) is 9.55. The Kier molecular flexibility index (Phi) is 7.06. The number of oxazole rings is 1. The fourth-order valence-electron chi connectivity index (χ4n) is 3.00. The van der Waals surface area contributed by atoms with E-state index in [1.165, 1.54) is 15.6 Å². The Morgan fingerprint density at radius 1 is 1.17 bits per heavy atom. The summed E-state index contributed by atoms with van der Waals surface area (Å²) in [4.78, 5) is 17.9. The fraction of sp³-hybridized carbons (Fsp3) is 0.333. The maximum Gasteiger partial charge on any atom is 0.243 e. The Labute approximate surface area is 180 Å². The Morgan fingerprint density at radius 3 is 2.47 bits per heavy atom. The molecule has 3 rings (SSSR count). The van der Waals surface area contributed by atoms with Crippen molar-refractivity contribution in [2.24, 2.45) is 0 Å². The number of hydrogen-bond donors (Lipinski definition) is 1. The molecule has 1 N–H and O–H groups in total. The van der Waals surface area contributed by atoms with Gasteiger partial charge in [0, 0.05) is 19.6 Å². The lowest BCUT2D eigenvalue weighted by Gasteiger charge is -2.18. The van der Waals surface area contributed by atoms with Crippen molar-refractivity contribution in [1.29, 1.82) is 0 Å². The number of rotatable bonds is 9. The van der Waals surface area contributed by atoms with Crippen molar-refractivity contribution in [3.8, 4) is 10.8 Å². The lowest BCUT2D eigenvalue weighted by atomic mass is 10.2. The van der Waals surface area contributed by atoms with E-state index in [2.05, 4.69) is 10.3 Å². The first kappa shape index (κ1) is 22.2. The van der Waals surface area contributed by atoms with E-state index in [4.69, 9.17) is 4.42 Å². The molecular formula is C21H25N3O4S2. The average Bonchev–Trinajstić information content (AvgIpc) is 3.38. The molecule has 9 heteroatoms. The van der Waals surface area contributed by atoms with Crippen molar-refractivity contribution in [1.82, 2.24) is 14.6 Å². The fourth-order valence-corrected chi connectivity index (χ4v) is 5.11. The molecule has 0 spiro atoms. The van der Waals surface area contributed by atoms with Crippen molar-refractivity contribution < 1.29 is 17.6 Å². The van der Waals surface area contributed by atoms with Gasteiger partial charge in [-0.05, 0) is 36.1 Å². The second-order valence-electron chi connectivity index (χ2n) is 6.69. The third-order valence-electron chi connectivity index (χ3n) is 4.71. The number of benzene rings is 1. The summed E-state index contributed by atoms with van der Waals surface area (Å²) >= 11 is 1.53. The largest absolute Gasteiger partial charge is 0.440 e. The molecule has 0 unspecified atom stereocenters. The molecule has 2 heterocycles. The van der Waals surface area contributed by atoms with Gasteiger partial charge >= 0.3 is 0 Å². The molecule has 1 aromatic carbocycles. The zero-order chi connectivity index (χ0) is 21.7. The smallest absolute Gasteiger partial charge is 0.243 e. The monoisotopic (exact) mass is 447 g/mol. The Morgan fingerprint density at radius 2 is 1.87 bits per heavy atom. The van der Waals surface area contributed by atoms with E-state index in [1.807, 2.05) is 31.4 Å². The van der Waals surface area contributed by atoms with E-state index in [1.54, 1.807) is 31.2 Å². The summed E-state index contributed by atoms with van der Waals surface area (Å²) in [6.07, 6.45) is 0.120. The third-order valence-corrected chi connectivity index (χ3v) is 7.63. The minimum absolute atomic E-state index is 0.120. The predicted molar refractivity (Wildman–Crippen MR) is 117 cm³/mol. The second-order valence-corrected chi connectivity index (χ2v) is 9.57. The number of amides is 1. The first-order valence-electron chi connectivity index (χ1n) is 9.71. The van der Waals surface area contributed by atoms with Crippen molar-refractivity contribution in [3.63, 3.8) is 0 Å². The van der Waals surface area contributed by atoms with Crippen LogP contribution in [0.4, 0.5) is 0 Å². The van der Waals surface area contributed by atoms with E-state index < -0.39 is 10.0 Å². The maximum atomic E-state index is 12.5. The van der Waals surface area contributed by atoms with Crippen molar-refractivity contribution in [2.75, 3.05) is 13.1 Å². The van der Waals surface area contributed by atoms with Crippen LogP contribution in [0, 0.1) is 6.92 Å². The quantitative estimate of drug-likeness (QED) is 0.541. The SMILES string of the molecule is CCN(CC)S(=O)(=O)c1ccc(CNC(=O)Cc2nc(-c3cccs3)oc2C)cc1. The van der Waals surface area contributed by atoms with E-state index >= 15 is 0 Å². The van der Waals surface area contributed by atoms with Crippen LogP contribution in [0.15, 0.2) is 51.1 Å². The zero-order valence-corrected chi connectivity index (χ0v) is 18.8. The molecule has 0 radical (unpaired) electrons. The van der Waals surface area contributed by atoms with Crippen LogP contribution in [-0.4, -0.2) is 36.7 Å². The summed E-state index contributed by atoms with van der Waals surface area (Å²) < 4.78 is 32.1. The van der Waals surface area contributed by atoms with Crippen LogP contribution >= 0.6 is 11.3 Å². The first-order chi connectivity index (χ1) is 14.3. The first-order valence-corrected chi connectivity index (χ1v) is 12.0. The number of sulfonamides is 1. The summed E-state index contributed by atoms with van der Waals surface area (Å²) in [5.74, 6) is 0.971. The van der Waals surface area contributed by atoms with Gasteiger partial charge in [-0.3, -0.25) is 4.79 Å².